The predicted molar refractivity (Wildman–Crippen MR) is 105 cm³/mol. The summed E-state index contributed by atoms with van der Waals surface area (Å²) in [5, 5.41) is 11.5. The van der Waals surface area contributed by atoms with E-state index in [1.54, 1.807) is 7.11 Å². The molecule has 26 heavy (non-hydrogen) atoms. The Morgan fingerprint density at radius 3 is 2.85 bits per heavy atom. The molecule has 2 N–H and O–H groups in total. The number of aliphatic imine (C=N–C) groups is 1. The average Bonchev–Trinajstić information content (AvgIpc) is 2.94. The molecule has 2 heterocycles. The summed E-state index contributed by atoms with van der Waals surface area (Å²) in [6.45, 7) is 14.2. The van der Waals surface area contributed by atoms with Gasteiger partial charge in [-0.25, -0.2) is 9.67 Å². The summed E-state index contributed by atoms with van der Waals surface area (Å²) in [4.78, 5) is 9.39. The number of guanidine groups is 1. The summed E-state index contributed by atoms with van der Waals surface area (Å²) in [6, 6.07) is 0.311. The minimum Gasteiger partial charge on any atom is -0.377 e. The van der Waals surface area contributed by atoms with Gasteiger partial charge in [-0.2, -0.15) is 5.10 Å². The molecular formula is C19H36N6O. The molecule has 0 fully saturated rings. The average molecular weight is 365 g/mol. The van der Waals surface area contributed by atoms with Crippen LogP contribution in [0.4, 0.5) is 0 Å². The van der Waals surface area contributed by atoms with E-state index in [-0.39, 0.29) is 5.41 Å². The van der Waals surface area contributed by atoms with E-state index in [4.69, 9.17) is 9.73 Å². The second-order valence-electron chi connectivity index (χ2n) is 8.40. The van der Waals surface area contributed by atoms with Crippen LogP contribution in [-0.4, -0.2) is 47.0 Å². The molecule has 0 radical (unpaired) electrons. The van der Waals surface area contributed by atoms with Crippen LogP contribution in [0.1, 0.15) is 59.1 Å². The molecule has 1 aliphatic heterocycles. The molecule has 0 saturated heterocycles. The van der Waals surface area contributed by atoms with Crippen molar-refractivity contribution in [3.8, 4) is 0 Å². The molecule has 7 nitrogen and oxygen atoms in total. The van der Waals surface area contributed by atoms with E-state index in [0.29, 0.717) is 18.6 Å². The molecule has 2 rings (SSSR count). The van der Waals surface area contributed by atoms with Gasteiger partial charge in [0.25, 0.3) is 0 Å². The fourth-order valence-corrected chi connectivity index (χ4v) is 3.64. The van der Waals surface area contributed by atoms with E-state index < -0.39 is 0 Å². The van der Waals surface area contributed by atoms with Crippen LogP contribution in [0.25, 0.3) is 0 Å². The molecule has 1 atom stereocenters. The van der Waals surface area contributed by atoms with Crippen molar-refractivity contribution >= 4 is 5.96 Å². The zero-order chi connectivity index (χ0) is 19.2. The van der Waals surface area contributed by atoms with Crippen molar-refractivity contribution < 1.29 is 4.74 Å². The third-order valence-electron chi connectivity index (χ3n) is 4.49. The van der Waals surface area contributed by atoms with Gasteiger partial charge in [0, 0.05) is 32.7 Å². The zero-order valence-corrected chi connectivity index (χ0v) is 17.3. The van der Waals surface area contributed by atoms with Gasteiger partial charge in [-0.3, -0.25) is 4.99 Å². The van der Waals surface area contributed by atoms with Crippen LogP contribution in [0.2, 0.25) is 0 Å². The van der Waals surface area contributed by atoms with E-state index in [0.717, 1.165) is 50.1 Å². The molecule has 1 aliphatic rings. The lowest BCUT2D eigenvalue weighted by atomic mass is 9.84. The number of aryl methyl sites for hydroxylation is 1. The summed E-state index contributed by atoms with van der Waals surface area (Å²) in [5.74, 6) is 3.39. The number of rotatable bonds is 8. The molecule has 1 unspecified atom stereocenters. The maximum Gasteiger partial charge on any atom is 0.191 e. The van der Waals surface area contributed by atoms with E-state index in [1.165, 1.54) is 6.42 Å². The van der Waals surface area contributed by atoms with Gasteiger partial charge in [0.1, 0.15) is 12.4 Å². The Labute approximate surface area is 158 Å². The maximum absolute atomic E-state index is 5.14. The summed E-state index contributed by atoms with van der Waals surface area (Å²) < 4.78 is 7.14. The van der Waals surface area contributed by atoms with Gasteiger partial charge in [-0.15, -0.1) is 0 Å². The van der Waals surface area contributed by atoms with Crippen molar-refractivity contribution in [1.82, 2.24) is 25.4 Å². The number of aromatic nitrogens is 3. The second-order valence-corrected chi connectivity index (χ2v) is 8.40. The fourth-order valence-electron chi connectivity index (χ4n) is 3.64. The van der Waals surface area contributed by atoms with E-state index >= 15 is 0 Å². The summed E-state index contributed by atoms with van der Waals surface area (Å²) in [7, 11) is 1.67. The van der Waals surface area contributed by atoms with E-state index in [2.05, 4.69) is 55.3 Å². The molecule has 0 bridgehead atoms. The zero-order valence-electron chi connectivity index (χ0n) is 17.3. The quantitative estimate of drug-likeness (QED) is 0.547. The number of methoxy groups -OCH3 is 1. The topological polar surface area (TPSA) is 76.4 Å². The van der Waals surface area contributed by atoms with Crippen molar-refractivity contribution in [3.05, 3.63) is 11.6 Å². The SMILES string of the molecule is CCNC(=NCC(C)(C)CC(C)C)NC1CCc2nc(COC)nn2C1. The predicted octanol–water partition coefficient (Wildman–Crippen LogP) is 2.37. The third-order valence-corrected chi connectivity index (χ3v) is 4.49. The Bertz CT molecular complexity index is 593. The van der Waals surface area contributed by atoms with Crippen LogP contribution in [-0.2, 0) is 24.3 Å². The summed E-state index contributed by atoms with van der Waals surface area (Å²) >= 11 is 0. The third kappa shape index (κ3) is 6.27. The molecule has 1 aromatic rings. The smallest absolute Gasteiger partial charge is 0.191 e. The minimum absolute atomic E-state index is 0.206. The van der Waals surface area contributed by atoms with Crippen molar-refractivity contribution in [2.75, 3.05) is 20.2 Å². The highest BCUT2D eigenvalue weighted by atomic mass is 16.5. The first kappa shape index (κ1) is 20.7. The first-order valence-corrected chi connectivity index (χ1v) is 9.79. The van der Waals surface area contributed by atoms with Gasteiger partial charge in [0.05, 0.1) is 6.54 Å². The number of nitrogens with one attached hydrogen (secondary N) is 2. The van der Waals surface area contributed by atoms with Gasteiger partial charge in [-0.1, -0.05) is 27.7 Å². The van der Waals surface area contributed by atoms with Gasteiger partial charge < -0.3 is 15.4 Å². The van der Waals surface area contributed by atoms with Gasteiger partial charge in [0.2, 0.25) is 0 Å². The van der Waals surface area contributed by atoms with E-state index in [9.17, 15) is 0 Å². The number of ether oxygens (including phenoxy) is 1. The van der Waals surface area contributed by atoms with Crippen molar-refractivity contribution in [1.29, 1.82) is 0 Å². The summed E-state index contributed by atoms with van der Waals surface area (Å²) in [6.07, 6.45) is 3.13. The van der Waals surface area contributed by atoms with E-state index in [1.807, 2.05) is 4.68 Å². The van der Waals surface area contributed by atoms with Gasteiger partial charge in [-0.05, 0) is 31.1 Å². The number of nitrogens with zero attached hydrogens (tertiary/aromatic N) is 4. The first-order chi connectivity index (χ1) is 12.3. The van der Waals surface area contributed by atoms with Crippen LogP contribution >= 0.6 is 0 Å². The second kappa shape index (κ2) is 9.35. The lowest BCUT2D eigenvalue weighted by Crippen LogP contribution is -2.47. The Kier molecular flexibility index (Phi) is 7.43. The molecule has 0 amide bonds. The molecule has 148 valence electrons. The standard InChI is InChI=1S/C19H36N6O/c1-7-20-18(21-13-19(4,5)10-14(2)3)22-15-8-9-17-23-16(12-26-6)24-25(17)11-15/h14-15H,7-13H2,1-6H3,(H2,20,21,22). The first-order valence-electron chi connectivity index (χ1n) is 9.79. The molecule has 0 aromatic carbocycles. The molecule has 7 heteroatoms. The van der Waals surface area contributed by atoms with Crippen molar-refractivity contribution in [2.45, 2.75) is 73.1 Å². The molecule has 0 spiro atoms. The van der Waals surface area contributed by atoms with Crippen molar-refractivity contribution in [3.63, 3.8) is 0 Å². The lowest BCUT2D eigenvalue weighted by Gasteiger charge is -2.27. The molecular weight excluding hydrogens is 328 g/mol. The summed E-state index contributed by atoms with van der Waals surface area (Å²) in [5.41, 5.74) is 0.206. The number of fused-ring (bicyclic) bond motifs is 1. The molecule has 1 aromatic heterocycles. The fraction of sp³-hybridized carbons (Fsp3) is 0.842. The van der Waals surface area contributed by atoms with Crippen LogP contribution < -0.4 is 10.6 Å². The maximum atomic E-state index is 5.14. The highest BCUT2D eigenvalue weighted by Gasteiger charge is 2.23. The Morgan fingerprint density at radius 2 is 2.19 bits per heavy atom. The highest BCUT2D eigenvalue weighted by Crippen LogP contribution is 2.25. The monoisotopic (exact) mass is 364 g/mol. The van der Waals surface area contributed by atoms with Crippen LogP contribution in [0.5, 0.6) is 0 Å². The van der Waals surface area contributed by atoms with Gasteiger partial charge >= 0.3 is 0 Å². The number of hydrogen-bond donors (Lipinski definition) is 2. The van der Waals surface area contributed by atoms with Crippen LogP contribution in [0, 0.1) is 11.3 Å². The van der Waals surface area contributed by atoms with Gasteiger partial charge in [0.15, 0.2) is 11.8 Å². The van der Waals surface area contributed by atoms with Crippen LogP contribution in [0.15, 0.2) is 4.99 Å². The molecule has 0 saturated carbocycles. The number of hydrogen-bond acceptors (Lipinski definition) is 4. The largest absolute Gasteiger partial charge is 0.377 e. The lowest BCUT2D eigenvalue weighted by molar-refractivity contribution is 0.177. The molecule has 0 aliphatic carbocycles. The van der Waals surface area contributed by atoms with Crippen molar-refractivity contribution in [2.24, 2.45) is 16.3 Å². The Balaban J connectivity index is 1.97. The normalized spacial score (nSPS) is 18.1. The Morgan fingerprint density at radius 1 is 1.42 bits per heavy atom. The Hall–Kier alpha value is -1.63. The van der Waals surface area contributed by atoms with Crippen LogP contribution in [0.3, 0.4) is 0 Å². The minimum atomic E-state index is 0.206. The highest BCUT2D eigenvalue weighted by molar-refractivity contribution is 5.80.